The molecule has 0 atom stereocenters. The summed E-state index contributed by atoms with van der Waals surface area (Å²) in [6.45, 7) is 4.75. The fourth-order valence-electron chi connectivity index (χ4n) is 7.08. The van der Waals surface area contributed by atoms with Crippen molar-refractivity contribution in [2.24, 2.45) is 0 Å². The Morgan fingerprint density at radius 3 is 0.778 bits per heavy atom. The smallest absolute Gasteiger partial charge is 0.339 e. The second-order valence-corrected chi connectivity index (χ2v) is 15.4. The van der Waals surface area contributed by atoms with E-state index in [1.807, 2.05) is 0 Å². The Bertz CT molecular complexity index is 1050. The number of carbonyl (C=O) groups excluding carboxylic acids is 2. The van der Waals surface area contributed by atoms with Crippen molar-refractivity contribution >= 4 is 23.9 Å². The first-order valence-corrected chi connectivity index (χ1v) is 22.3. The summed E-state index contributed by atoms with van der Waals surface area (Å²) in [4.78, 5) is 49.7. The Kier molecular flexibility index (Phi) is 31.5. The SMILES string of the molecule is CCCCCCCCCCCCCCCCCCOC(=O)c1cc(C(=O)OCCCCCCCCCCCCCCCCCC)c(C(=O)O)cc1C(=O)O. The first-order chi connectivity index (χ1) is 26.3. The average Bonchev–Trinajstić information content (AvgIpc) is 3.16. The number of unbranched alkanes of at least 4 members (excludes halogenated alkanes) is 30. The molecule has 0 saturated heterocycles. The minimum Gasteiger partial charge on any atom is -0.478 e. The number of carbonyl (C=O) groups is 4. The third-order valence-corrected chi connectivity index (χ3v) is 10.5. The van der Waals surface area contributed by atoms with E-state index in [0.29, 0.717) is 12.8 Å². The van der Waals surface area contributed by atoms with E-state index in [1.54, 1.807) is 0 Å². The van der Waals surface area contributed by atoms with Crippen LogP contribution in [0.4, 0.5) is 0 Å². The first-order valence-electron chi connectivity index (χ1n) is 22.3. The molecule has 0 amide bonds. The molecule has 1 aromatic rings. The maximum atomic E-state index is 12.9. The monoisotopic (exact) mass is 759 g/mol. The highest BCUT2D eigenvalue weighted by Crippen LogP contribution is 2.22. The van der Waals surface area contributed by atoms with Crippen molar-refractivity contribution in [1.29, 1.82) is 0 Å². The quantitative estimate of drug-likeness (QED) is 0.0504. The second-order valence-electron chi connectivity index (χ2n) is 15.4. The Hall–Kier alpha value is -2.90. The lowest BCUT2D eigenvalue weighted by Gasteiger charge is -2.12. The van der Waals surface area contributed by atoms with Crippen molar-refractivity contribution in [3.63, 3.8) is 0 Å². The molecule has 1 rings (SSSR count). The second kappa shape index (κ2) is 34.6. The lowest BCUT2D eigenvalue weighted by Crippen LogP contribution is -2.19. The van der Waals surface area contributed by atoms with Crippen molar-refractivity contribution in [3.05, 3.63) is 34.4 Å². The molecule has 8 nitrogen and oxygen atoms in total. The molecule has 8 heteroatoms. The zero-order valence-corrected chi connectivity index (χ0v) is 34.5. The highest BCUT2D eigenvalue weighted by molar-refractivity contribution is 6.09. The predicted molar refractivity (Wildman–Crippen MR) is 220 cm³/mol. The summed E-state index contributed by atoms with van der Waals surface area (Å²) in [5.41, 5.74) is -1.73. The molecular weight excluding hydrogens is 680 g/mol. The van der Waals surface area contributed by atoms with Crippen LogP contribution in [0.5, 0.6) is 0 Å². The molecule has 0 aliphatic carbocycles. The fourth-order valence-corrected chi connectivity index (χ4v) is 7.08. The molecule has 0 fully saturated rings. The van der Waals surface area contributed by atoms with Crippen molar-refractivity contribution in [1.82, 2.24) is 0 Å². The van der Waals surface area contributed by atoms with Gasteiger partial charge in [-0.05, 0) is 25.0 Å². The maximum Gasteiger partial charge on any atom is 0.339 e. The van der Waals surface area contributed by atoms with E-state index in [0.717, 1.165) is 50.7 Å². The summed E-state index contributed by atoms with van der Waals surface area (Å²) < 4.78 is 10.7. The summed E-state index contributed by atoms with van der Waals surface area (Å²) in [6, 6.07) is 1.85. The van der Waals surface area contributed by atoms with Gasteiger partial charge in [0.2, 0.25) is 0 Å². The molecule has 1 aromatic carbocycles. The van der Waals surface area contributed by atoms with Gasteiger partial charge in [-0.1, -0.05) is 206 Å². The first kappa shape index (κ1) is 49.1. The Balaban J connectivity index is 2.31. The summed E-state index contributed by atoms with van der Waals surface area (Å²) >= 11 is 0. The van der Waals surface area contributed by atoms with Gasteiger partial charge in [0.1, 0.15) is 0 Å². The van der Waals surface area contributed by atoms with E-state index in [4.69, 9.17) is 9.47 Å². The van der Waals surface area contributed by atoms with E-state index < -0.39 is 35.0 Å². The van der Waals surface area contributed by atoms with Gasteiger partial charge < -0.3 is 19.7 Å². The number of hydrogen-bond donors (Lipinski definition) is 2. The number of ether oxygens (including phenoxy) is 2. The largest absolute Gasteiger partial charge is 0.478 e. The van der Waals surface area contributed by atoms with Gasteiger partial charge in [0.05, 0.1) is 35.5 Å². The number of carboxylic acids is 2. The molecule has 0 saturated carbocycles. The van der Waals surface area contributed by atoms with Gasteiger partial charge in [-0.3, -0.25) is 0 Å². The van der Waals surface area contributed by atoms with Crippen LogP contribution in [0.2, 0.25) is 0 Å². The van der Waals surface area contributed by atoms with Gasteiger partial charge in [0.15, 0.2) is 0 Å². The van der Waals surface area contributed by atoms with Crippen LogP contribution in [0.25, 0.3) is 0 Å². The summed E-state index contributed by atoms with van der Waals surface area (Å²) in [5, 5.41) is 19.4. The third kappa shape index (κ3) is 25.2. The van der Waals surface area contributed by atoms with E-state index in [9.17, 15) is 29.4 Å². The van der Waals surface area contributed by atoms with Gasteiger partial charge in [0, 0.05) is 0 Å². The molecule has 54 heavy (non-hydrogen) atoms. The summed E-state index contributed by atoms with van der Waals surface area (Å²) in [5.74, 6) is -4.73. The molecule has 0 aliphatic rings. The summed E-state index contributed by atoms with van der Waals surface area (Å²) in [7, 11) is 0. The van der Waals surface area contributed by atoms with Gasteiger partial charge in [-0.25, -0.2) is 19.2 Å². The third-order valence-electron chi connectivity index (χ3n) is 10.5. The zero-order chi connectivity index (χ0) is 39.5. The zero-order valence-electron chi connectivity index (χ0n) is 34.5. The van der Waals surface area contributed by atoms with Crippen molar-refractivity contribution in [2.45, 2.75) is 219 Å². The Morgan fingerprint density at radius 1 is 0.352 bits per heavy atom. The number of aromatic carboxylic acids is 2. The van der Waals surface area contributed by atoms with Crippen LogP contribution in [-0.4, -0.2) is 47.3 Å². The lowest BCUT2D eigenvalue weighted by molar-refractivity contribution is 0.0479. The fraction of sp³-hybridized carbons (Fsp3) is 0.783. The van der Waals surface area contributed by atoms with Gasteiger partial charge in [-0.15, -0.1) is 0 Å². The molecule has 0 unspecified atom stereocenters. The predicted octanol–water partition coefficient (Wildman–Crippen LogP) is 13.9. The Morgan fingerprint density at radius 2 is 0.556 bits per heavy atom. The van der Waals surface area contributed by atoms with Crippen molar-refractivity contribution in [2.75, 3.05) is 13.2 Å². The van der Waals surface area contributed by atoms with Crippen LogP contribution in [0.1, 0.15) is 261 Å². The van der Waals surface area contributed by atoms with Gasteiger partial charge in [0.25, 0.3) is 0 Å². The summed E-state index contributed by atoms with van der Waals surface area (Å²) in [6.07, 6.45) is 39.3. The lowest BCUT2D eigenvalue weighted by atomic mass is 9.98. The molecule has 2 N–H and O–H groups in total. The van der Waals surface area contributed by atoms with Crippen LogP contribution in [0.3, 0.4) is 0 Å². The number of esters is 2. The van der Waals surface area contributed by atoms with Crippen molar-refractivity contribution < 1.29 is 38.9 Å². The number of hydrogen-bond acceptors (Lipinski definition) is 6. The van der Waals surface area contributed by atoms with Gasteiger partial charge >= 0.3 is 23.9 Å². The molecular formula is C46H78O8. The average molecular weight is 759 g/mol. The van der Waals surface area contributed by atoms with Crippen LogP contribution in [0, 0.1) is 0 Å². The van der Waals surface area contributed by atoms with E-state index >= 15 is 0 Å². The molecule has 0 aromatic heterocycles. The molecule has 0 heterocycles. The molecule has 0 aliphatic heterocycles. The standard InChI is InChI=1S/C46H78O8/c1-3-5-7-9-11-13-15-17-19-21-23-25-27-29-31-33-35-53-45(51)41-38-42(40(44(49)50)37-39(41)43(47)48)46(52)54-36-34-32-30-28-26-24-22-20-18-16-14-12-10-8-6-4-2/h37-38H,3-36H2,1-2H3,(H,47,48)(H,49,50). The molecule has 0 spiro atoms. The topological polar surface area (TPSA) is 127 Å². The normalized spacial score (nSPS) is 11.1. The Labute approximate surface area is 328 Å². The van der Waals surface area contributed by atoms with Crippen molar-refractivity contribution in [3.8, 4) is 0 Å². The van der Waals surface area contributed by atoms with E-state index in [1.165, 1.54) is 154 Å². The van der Waals surface area contributed by atoms with Crippen LogP contribution in [-0.2, 0) is 9.47 Å². The van der Waals surface area contributed by atoms with Gasteiger partial charge in [-0.2, -0.15) is 0 Å². The number of benzene rings is 1. The highest BCUT2D eigenvalue weighted by Gasteiger charge is 2.27. The van der Waals surface area contributed by atoms with Crippen LogP contribution in [0.15, 0.2) is 12.1 Å². The molecule has 310 valence electrons. The minimum atomic E-state index is -1.47. The number of carboxylic acid groups (broad SMARTS) is 2. The number of rotatable bonds is 38. The van der Waals surface area contributed by atoms with Crippen LogP contribution >= 0.6 is 0 Å². The minimum absolute atomic E-state index is 0.121. The van der Waals surface area contributed by atoms with Crippen LogP contribution < -0.4 is 0 Å². The maximum absolute atomic E-state index is 12.9. The molecule has 0 radical (unpaired) electrons. The highest BCUT2D eigenvalue weighted by atomic mass is 16.5. The van der Waals surface area contributed by atoms with E-state index in [-0.39, 0.29) is 24.3 Å². The van der Waals surface area contributed by atoms with E-state index in [2.05, 4.69) is 13.8 Å². The molecule has 0 bridgehead atoms.